The third kappa shape index (κ3) is 2.31. The van der Waals surface area contributed by atoms with E-state index in [1.807, 2.05) is 0 Å². The molecule has 3 aromatic heterocycles. The molecule has 8 nitrogen and oxygen atoms in total. The van der Waals surface area contributed by atoms with Crippen molar-refractivity contribution in [3.05, 3.63) is 35.9 Å². The van der Waals surface area contributed by atoms with E-state index in [0.29, 0.717) is 24.1 Å². The van der Waals surface area contributed by atoms with E-state index in [-0.39, 0.29) is 0 Å². The van der Waals surface area contributed by atoms with E-state index in [9.17, 15) is 0 Å². The van der Waals surface area contributed by atoms with E-state index in [0.717, 1.165) is 37.7 Å². The number of hydrogen-bond acceptors (Lipinski definition) is 7. The lowest BCUT2D eigenvalue weighted by Crippen LogP contribution is -2.34. The molecule has 0 aliphatic carbocycles. The Bertz CT molecular complexity index is 760. The molecule has 0 aromatic carbocycles. The molecule has 0 spiro atoms. The second-order valence-electron chi connectivity index (χ2n) is 5.23. The Labute approximate surface area is 126 Å². The van der Waals surface area contributed by atoms with Gasteiger partial charge in [0.25, 0.3) is 5.89 Å². The molecule has 1 aliphatic heterocycles. The topological polar surface area (TPSA) is 86.0 Å². The summed E-state index contributed by atoms with van der Waals surface area (Å²) in [5.74, 6) is 3.62. The lowest BCUT2D eigenvalue weighted by Gasteiger charge is -2.26. The van der Waals surface area contributed by atoms with Crippen molar-refractivity contribution in [2.24, 2.45) is 0 Å². The molecule has 8 heteroatoms. The molecule has 4 rings (SSSR count). The van der Waals surface area contributed by atoms with Crippen LogP contribution in [0, 0.1) is 0 Å². The number of aryl methyl sites for hydroxylation is 1. The van der Waals surface area contributed by atoms with Crippen LogP contribution >= 0.6 is 0 Å². The molecule has 0 amide bonds. The molecular weight excluding hydrogens is 284 g/mol. The van der Waals surface area contributed by atoms with Crippen LogP contribution in [0.1, 0.15) is 24.5 Å². The first-order valence-corrected chi connectivity index (χ1v) is 7.33. The van der Waals surface area contributed by atoms with Crippen molar-refractivity contribution in [1.29, 1.82) is 0 Å². The van der Waals surface area contributed by atoms with E-state index >= 15 is 0 Å². The molecule has 4 heterocycles. The largest absolute Gasteiger partial charge is 0.459 e. The van der Waals surface area contributed by atoms with E-state index in [4.69, 9.17) is 8.83 Å². The average Bonchev–Trinajstić information content (AvgIpc) is 3.27. The van der Waals surface area contributed by atoms with Crippen LogP contribution in [0.2, 0.25) is 0 Å². The summed E-state index contributed by atoms with van der Waals surface area (Å²) >= 11 is 0. The van der Waals surface area contributed by atoms with Crippen LogP contribution in [-0.4, -0.2) is 36.4 Å². The van der Waals surface area contributed by atoms with Crippen LogP contribution in [0.4, 0.5) is 0 Å². The van der Waals surface area contributed by atoms with Crippen LogP contribution in [0.5, 0.6) is 0 Å². The number of furan rings is 1. The monoisotopic (exact) mass is 300 g/mol. The lowest BCUT2D eigenvalue weighted by molar-refractivity contribution is 0.189. The number of nitrogens with zero attached hydrogens (tertiary/aromatic N) is 6. The highest BCUT2D eigenvalue weighted by Crippen LogP contribution is 2.20. The van der Waals surface area contributed by atoms with Crippen LogP contribution in [0.3, 0.4) is 0 Å². The van der Waals surface area contributed by atoms with E-state index in [1.165, 1.54) is 0 Å². The zero-order chi connectivity index (χ0) is 14.9. The van der Waals surface area contributed by atoms with E-state index < -0.39 is 0 Å². The summed E-state index contributed by atoms with van der Waals surface area (Å²) in [5, 5.41) is 16.6. The summed E-state index contributed by atoms with van der Waals surface area (Å²) in [5.41, 5.74) is 0. The van der Waals surface area contributed by atoms with Crippen molar-refractivity contribution in [3.8, 4) is 11.7 Å². The molecular formula is C14H16N6O2. The third-order valence-corrected chi connectivity index (χ3v) is 3.78. The molecule has 0 saturated heterocycles. The first-order chi connectivity index (χ1) is 10.8. The highest BCUT2D eigenvalue weighted by Gasteiger charge is 2.22. The Morgan fingerprint density at radius 1 is 1.18 bits per heavy atom. The molecule has 0 atom stereocenters. The summed E-state index contributed by atoms with van der Waals surface area (Å²) in [6.07, 6.45) is 2.49. The second kappa shape index (κ2) is 5.38. The molecule has 0 saturated carbocycles. The van der Waals surface area contributed by atoms with Gasteiger partial charge in [0.2, 0.25) is 5.89 Å². The highest BCUT2D eigenvalue weighted by atomic mass is 16.4. The fourth-order valence-electron chi connectivity index (χ4n) is 2.67. The fourth-order valence-corrected chi connectivity index (χ4v) is 2.67. The van der Waals surface area contributed by atoms with Crippen molar-refractivity contribution in [3.63, 3.8) is 0 Å². The normalized spacial score (nSPS) is 15.1. The minimum atomic E-state index is 0.411. The van der Waals surface area contributed by atoms with Crippen LogP contribution in [-0.2, 0) is 26.1 Å². The van der Waals surface area contributed by atoms with Crippen molar-refractivity contribution >= 4 is 0 Å². The first-order valence-electron chi connectivity index (χ1n) is 7.33. The van der Waals surface area contributed by atoms with E-state index in [2.05, 4.69) is 36.8 Å². The minimum Gasteiger partial charge on any atom is -0.459 e. The second-order valence-corrected chi connectivity index (χ2v) is 5.23. The van der Waals surface area contributed by atoms with Gasteiger partial charge in [0.05, 0.1) is 19.4 Å². The van der Waals surface area contributed by atoms with Gasteiger partial charge in [0.1, 0.15) is 11.6 Å². The Morgan fingerprint density at radius 3 is 2.95 bits per heavy atom. The van der Waals surface area contributed by atoms with Gasteiger partial charge in [-0.1, -0.05) is 6.92 Å². The average molecular weight is 300 g/mol. The maximum atomic E-state index is 5.64. The van der Waals surface area contributed by atoms with Crippen LogP contribution in [0.25, 0.3) is 11.7 Å². The van der Waals surface area contributed by atoms with Gasteiger partial charge in [-0.2, -0.15) is 0 Å². The molecule has 0 radical (unpaired) electrons. The number of rotatable bonds is 4. The summed E-state index contributed by atoms with van der Waals surface area (Å²) in [6, 6.07) is 3.59. The van der Waals surface area contributed by atoms with E-state index in [1.54, 1.807) is 18.4 Å². The van der Waals surface area contributed by atoms with Gasteiger partial charge in [0, 0.05) is 19.5 Å². The predicted molar refractivity (Wildman–Crippen MR) is 75.5 cm³/mol. The van der Waals surface area contributed by atoms with Gasteiger partial charge >= 0.3 is 0 Å². The van der Waals surface area contributed by atoms with Gasteiger partial charge in [-0.15, -0.1) is 20.4 Å². The summed E-state index contributed by atoms with van der Waals surface area (Å²) in [4.78, 5) is 2.23. The van der Waals surface area contributed by atoms with Crippen LogP contribution < -0.4 is 0 Å². The zero-order valence-electron chi connectivity index (χ0n) is 12.3. The lowest BCUT2D eigenvalue weighted by atomic mass is 10.3. The predicted octanol–water partition coefficient (Wildman–Crippen LogP) is 1.50. The maximum Gasteiger partial charge on any atom is 0.283 e. The molecule has 0 unspecified atom stereocenters. The number of hydrogen-bond donors (Lipinski definition) is 0. The minimum absolute atomic E-state index is 0.411. The summed E-state index contributed by atoms with van der Waals surface area (Å²) in [6.45, 7) is 5.24. The molecule has 0 bridgehead atoms. The maximum absolute atomic E-state index is 5.64. The molecule has 22 heavy (non-hydrogen) atoms. The SMILES string of the molecule is CCc1nnc2n1CCN(Cc1nnc(-c3ccco3)o1)C2. The van der Waals surface area contributed by atoms with Gasteiger partial charge < -0.3 is 13.4 Å². The van der Waals surface area contributed by atoms with Gasteiger partial charge in [-0.05, 0) is 12.1 Å². The smallest absolute Gasteiger partial charge is 0.283 e. The van der Waals surface area contributed by atoms with Crippen molar-refractivity contribution in [1.82, 2.24) is 29.9 Å². The third-order valence-electron chi connectivity index (χ3n) is 3.78. The molecule has 1 aliphatic rings. The highest BCUT2D eigenvalue weighted by molar-refractivity contribution is 5.42. The Morgan fingerprint density at radius 2 is 2.14 bits per heavy atom. The van der Waals surface area contributed by atoms with Crippen molar-refractivity contribution in [2.75, 3.05) is 6.54 Å². The number of fused-ring (bicyclic) bond motifs is 1. The zero-order valence-corrected chi connectivity index (χ0v) is 12.3. The van der Waals surface area contributed by atoms with Crippen LogP contribution in [0.15, 0.2) is 27.2 Å². The molecule has 0 fully saturated rings. The molecule has 0 N–H and O–H groups in total. The number of aromatic nitrogens is 5. The Kier molecular flexibility index (Phi) is 3.23. The molecule has 114 valence electrons. The quantitative estimate of drug-likeness (QED) is 0.721. The Hall–Kier alpha value is -2.48. The van der Waals surface area contributed by atoms with Gasteiger partial charge in [-0.3, -0.25) is 4.90 Å². The van der Waals surface area contributed by atoms with Crippen molar-refractivity contribution in [2.45, 2.75) is 33.0 Å². The van der Waals surface area contributed by atoms with Gasteiger partial charge in [-0.25, -0.2) is 0 Å². The van der Waals surface area contributed by atoms with Crippen molar-refractivity contribution < 1.29 is 8.83 Å². The van der Waals surface area contributed by atoms with Gasteiger partial charge in [0.15, 0.2) is 5.76 Å². The standard InChI is InChI=1S/C14H16N6O2/c1-2-11-15-16-12-8-19(5-6-20(11)12)9-13-17-18-14(22-13)10-4-3-7-21-10/h3-4,7H,2,5-6,8-9H2,1H3. The molecule has 3 aromatic rings. The summed E-state index contributed by atoms with van der Waals surface area (Å²) < 4.78 is 13.1. The summed E-state index contributed by atoms with van der Waals surface area (Å²) in [7, 11) is 0. The fraction of sp³-hybridized carbons (Fsp3) is 0.429. The first kappa shape index (κ1) is 13.2. The Balaban J connectivity index is 1.46.